The molecule has 0 saturated heterocycles. The number of aryl methyl sites for hydroxylation is 1. The van der Waals surface area contributed by atoms with Gasteiger partial charge < -0.3 is 0 Å². The molecule has 5 heteroatoms. The van der Waals surface area contributed by atoms with Crippen molar-refractivity contribution in [2.45, 2.75) is 19.8 Å². The van der Waals surface area contributed by atoms with Gasteiger partial charge in [-0.2, -0.15) is 0 Å². The zero-order valence-electron chi connectivity index (χ0n) is 9.32. The fraction of sp³-hybridized carbons (Fsp3) is 0.250. The van der Waals surface area contributed by atoms with Crippen LogP contribution in [0, 0.1) is 0 Å². The quantitative estimate of drug-likeness (QED) is 0.857. The maximum absolute atomic E-state index is 5.94. The van der Waals surface area contributed by atoms with E-state index in [4.69, 9.17) is 23.2 Å². The van der Waals surface area contributed by atoms with Crippen molar-refractivity contribution in [3.63, 3.8) is 0 Å². The monoisotopic (exact) mass is 267 g/mol. The van der Waals surface area contributed by atoms with Gasteiger partial charge in [0.2, 0.25) is 0 Å². The average molecular weight is 268 g/mol. The van der Waals surface area contributed by atoms with Crippen molar-refractivity contribution in [1.29, 1.82) is 0 Å². The van der Waals surface area contributed by atoms with Gasteiger partial charge in [-0.15, -0.1) is 10.2 Å². The van der Waals surface area contributed by atoms with Crippen LogP contribution in [-0.4, -0.2) is 15.2 Å². The summed E-state index contributed by atoms with van der Waals surface area (Å²) in [4.78, 5) is 4.37. The lowest BCUT2D eigenvalue weighted by Gasteiger charge is -2.04. The van der Waals surface area contributed by atoms with Crippen molar-refractivity contribution in [3.05, 3.63) is 51.5 Å². The van der Waals surface area contributed by atoms with E-state index in [0.29, 0.717) is 16.7 Å². The van der Waals surface area contributed by atoms with Gasteiger partial charge in [-0.05, 0) is 24.1 Å². The molecule has 3 nitrogen and oxygen atoms in total. The maximum atomic E-state index is 5.94. The van der Waals surface area contributed by atoms with Crippen molar-refractivity contribution in [3.8, 4) is 0 Å². The highest BCUT2D eigenvalue weighted by Gasteiger charge is 2.06. The van der Waals surface area contributed by atoms with E-state index in [1.807, 2.05) is 12.3 Å². The molecule has 2 aromatic rings. The fourth-order valence-corrected chi connectivity index (χ4v) is 1.80. The van der Waals surface area contributed by atoms with E-state index in [1.54, 1.807) is 6.07 Å². The summed E-state index contributed by atoms with van der Waals surface area (Å²) in [5, 5.41) is 8.15. The molecule has 2 aromatic heterocycles. The Morgan fingerprint density at radius 2 is 2.00 bits per heavy atom. The van der Waals surface area contributed by atoms with Crippen LogP contribution in [0.15, 0.2) is 24.4 Å². The number of halogens is 2. The molecule has 0 bridgehead atoms. The summed E-state index contributed by atoms with van der Waals surface area (Å²) in [7, 11) is 0. The molecule has 0 N–H and O–H groups in total. The highest BCUT2D eigenvalue weighted by Crippen LogP contribution is 2.18. The van der Waals surface area contributed by atoms with Crippen LogP contribution in [0.1, 0.15) is 23.7 Å². The summed E-state index contributed by atoms with van der Waals surface area (Å²) in [6.45, 7) is 2.10. The standard InChI is InChI=1S/C12H11Cl2N3/c1-2-8-3-4-10(15-7-8)5-9-6-11(13)16-17-12(9)14/h3-4,6-7H,2,5H2,1H3. The highest BCUT2D eigenvalue weighted by atomic mass is 35.5. The second kappa shape index (κ2) is 5.43. The van der Waals surface area contributed by atoms with Crippen LogP contribution < -0.4 is 0 Å². The van der Waals surface area contributed by atoms with E-state index in [1.165, 1.54) is 5.56 Å². The van der Waals surface area contributed by atoms with E-state index >= 15 is 0 Å². The van der Waals surface area contributed by atoms with Gasteiger partial charge in [0.05, 0.1) is 0 Å². The molecule has 0 fully saturated rings. The molecular weight excluding hydrogens is 257 g/mol. The molecule has 0 radical (unpaired) electrons. The first-order valence-electron chi connectivity index (χ1n) is 5.30. The van der Waals surface area contributed by atoms with Crippen LogP contribution >= 0.6 is 23.2 Å². The molecule has 0 saturated carbocycles. The summed E-state index contributed by atoms with van der Waals surface area (Å²) in [5.41, 5.74) is 2.99. The van der Waals surface area contributed by atoms with Crippen molar-refractivity contribution in [2.75, 3.05) is 0 Å². The van der Waals surface area contributed by atoms with Crippen LogP contribution in [0.3, 0.4) is 0 Å². The lowest BCUT2D eigenvalue weighted by atomic mass is 10.1. The summed E-state index contributed by atoms with van der Waals surface area (Å²) in [6, 6.07) is 5.77. The summed E-state index contributed by atoms with van der Waals surface area (Å²) in [5.74, 6) is 0. The summed E-state index contributed by atoms with van der Waals surface area (Å²) in [6.07, 6.45) is 3.47. The minimum atomic E-state index is 0.342. The predicted octanol–water partition coefficient (Wildman–Crippen LogP) is 3.33. The second-order valence-electron chi connectivity index (χ2n) is 3.67. The third-order valence-corrected chi connectivity index (χ3v) is 2.96. The van der Waals surface area contributed by atoms with Crippen molar-refractivity contribution < 1.29 is 0 Å². The summed E-state index contributed by atoms with van der Waals surface area (Å²) < 4.78 is 0. The third-order valence-electron chi connectivity index (χ3n) is 2.46. The largest absolute Gasteiger partial charge is 0.261 e. The Kier molecular flexibility index (Phi) is 3.92. The molecule has 2 heterocycles. The molecule has 0 atom stereocenters. The van der Waals surface area contributed by atoms with Gasteiger partial charge >= 0.3 is 0 Å². The van der Waals surface area contributed by atoms with Crippen molar-refractivity contribution >= 4 is 23.2 Å². The van der Waals surface area contributed by atoms with E-state index in [9.17, 15) is 0 Å². The molecule has 88 valence electrons. The Morgan fingerprint density at radius 3 is 2.65 bits per heavy atom. The van der Waals surface area contributed by atoms with Gasteiger partial charge in [-0.25, -0.2) is 0 Å². The zero-order chi connectivity index (χ0) is 12.3. The number of hydrogen-bond donors (Lipinski definition) is 0. The van der Waals surface area contributed by atoms with Crippen molar-refractivity contribution in [1.82, 2.24) is 15.2 Å². The second-order valence-corrected chi connectivity index (χ2v) is 4.42. The Hall–Kier alpha value is -1.19. The maximum Gasteiger partial charge on any atom is 0.155 e. The van der Waals surface area contributed by atoms with Crippen LogP contribution in [0.2, 0.25) is 10.3 Å². The molecule has 0 aliphatic heterocycles. The lowest BCUT2D eigenvalue weighted by Crippen LogP contribution is -1.97. The van der Waals surface area contributed by atoms with E-state index < -0.39 is 0 Å². The highest BCUT2D eigenvalue weighted by molar-refractivity contribution is 6.31. The van der Waals surface area contributed by atoms with Gasteiger partial charge in [-0.1, -0.05) is 36.2 Å². The molecule has 0 amide bonds. The SMILES string of the molecule is CCc1ccc(Cc2cc(Cl)nnc2Cl)nc1. The Morgan fingerprint density at radius 1 is 1.18 bits per heavy atom. The molecule has 0 spiro atoms. The Balaban J connectivity index is 2.22. The van der Waals surface area contributed by atoms with E-state index in [2.05, 4.69) is 28.2 Å². The predicted molar refractivity (Wildman–Crippen MR) is 68.5 cm³/mol. The molecule has 0 aromatic carbocycles. The Labute approximate surface area is 110 Å². The van der Waals surface area contributed by atoms with E-state index in [-0.39, 0.29) is 0 Å². The Bertz CT molecular complexity index is 512. The van der Waals surface area contributed by atoms with Crippen LogP contribution in [0.4, 0.5) is 0 Å². The minimum Gasteiger partial charge on any atom is -0.261 e. The topological polar surface area (TPSA) is 38.7 Å². The molecule has 2 rings (SSSR count). The van der Waals surface area contributed by atoms with Crippen LogP contribution in [0.25, 0.3) is 0 Å². The molecule has 0 aliphatic rings. The number of pyridine rings is 1. The van der Waals surface area contributed by atoms with Gasteiger partial charge in [0, 0.05) is 23.9 Å². The first-order chi connectivity index (χ1) is 8.19. The molecule has 0 aliphatic carbocycles. The summed E-state index contributed by atoms with van der Waals surface area (Å²) >= 11 is 11.7. The van der Waals surface area contributed by atoms with Crippen LogP contribution in [0.5, 0.6) is 0 Å². The third kappa shape index (κ3) is 3.14. The normalized spacial score (nSPS) is 10.5. The fourth-order valence-electron chi connectivity index (χ4n) is 1.48. The van der Waals surface area contributed by atoms with Gasteiger partial charge in [0.15, 0.2) is 10.3 Å². The minimum absolute atomic E-state index is 0.342. The smallest absolute Gasteiger partial charge is 0.155 e. The van der Waals surface area contributed by atoms with Crippen LogP contribution in [-0.2, 0) is 12.8 Å². The van der Waals surface area contributed by atoms with Gasteiger partial charge in [0.1, 0.15) is 0 Å². The number of rotatable bonds is 3. The number of nitrogens with zero attached hydrogens (tertiary/aromatic N) is 3. The number of aromatic nitrogens is 3. The van der Waals surface area contributed by atoms with E-state index in [0.717, 1.165) is 17.7 Å². The van der Waals surface area contributed by atoms with Crippen molar-refractivity contribution in [2.24, 2.45) is 0 Å². The first-order valence-corrected chi connectivity index (χ1v) is 6.06. The number of hydrogen-bond acceptors (Lipinski definition) is 3. The average Bonchev–Trinajstić information content (AvgIpc) is 2.35. The lowest BCUT2D eigenvalue weighted by molar-refractivity contribution is 0.972. The molecule has 17 heavy (non-hydrogen) atoms. The molecular formula is C12H11Cl2N3. The first kappa shape index (κ1) is 12.3. The van der Waals surface area contributed by atoms with Gasteiger partial charge in [0.25, 0.3) is 0 Å². The zero-order valence-corrected chi connectivity index (χ0v) is 10.8. The van der Waals surface area contributed by atoms with Gasteiger partial charge in [-0.3, -0.25) is 4.98 Å². The molecule has 0 unspecified atom stereocenters.